The molecule has 1 atom stereocenters. The summed E-state index contributed by atoms with van der Waals surface area (Å²) in [5.74, 6) is 0. The summed E-state index contributed by atoms with van der Waals surface area (Å²) in [5.41, 5.74) is 2.85. The molecule has 2 rings (SSSR count). The van der Waals surface area contributed by atoms with E-state index in [1.165, 1.54) is 32.1 Å². The molecule has 1 aromatic carbocycles. The van der Waals surface area contributed by atoms with Crippen molar-refractivity contribution in [2.24, 2.45) is 0 Å². The number of ether oxygens (including phenoxy) is 1. The second-order valence-corrected chi connectivity index (χ2v) is 6.42. The number of unbranched alkanes of at least 4 members (excludes halogenated alkanes) is 5. The molecule has 0 aliphatic carbocycles. The van der Waals surface area contributed by atoms with Crippen molar-refractivity contribution in [2.45, 2.75) is 64.9 Å². The Hall–Kier alpha value is -1.94. The first kappa shape index (κ1) is 19.4. The van der Waals surface area contributed by atoms with Crippen molar-refractivity contribution in [3.05, 3.63) is 42.2 Å². The van der Waals surface area contributed by atoms with Crippen LogP contribution in [0.15, 0.2) is 36.7 Å². The first-order chi connectivity index (χ1) is 12.2. The Bertz CT molecular complexity index is 614. The van der Waals surface area contributed by atoms with Crippen molar-refractivity contribution < 1.29 is 9.84 Å². The predicted molar refractivity (Wildman–Crippen MR) is 102 cm³/mol. The Morgan fingerprint density at radius 2 is 1.68 bits per heavy atom. The Balaban J connectivity index is 1.83. The van der Waals surface area contributed by atoms with Gasteiger partial charge in [0.25, 0.3) is 0 Å². The summed E-state index contributed by atoms with van der Waals surface area (Å²) in [6.45, 7) is 4.87. The molecule has 0 bridgehead atoms. The molecule has 25 heavy (non-hydrogen) atoms. The maximum atomic E-state index is 9.98. The van der Waals surface area contributed by atoms with Crippen LogP contribution in [0.3, 0.4) is 0 Å². The van der Waals surface area contributed by atoms with E-state index in [4.69, 9.17) is 4.74 Å². The van der Waals surface area contributed by atoms with Gasteiger partial charge in [0.1, 0.15) is 0 Å². The number of aliphatic hydroxyl groups excluding tert-OH is 1. The van der Waals surface area contributed by atoms with Crippen LogP contribution in [0.25, 0.3) is 11.1 Å². The average Bonchev–Trinajstić information content (AvgIpc) is 2.67. The zero-order chi connectivity index (χ0) is 17.9. The van der Waals surface area contributed by atoms with E-state index in [0.29, 0.717) is 19.0 Å². The number of nitrogens with zero attached hydrogens (tertiary/aromatic N) is 2. The lowest BCUT2D eigenvalue weighted by Gasteiger charge is -2.10. The van der Waals surface area contributed by atoms with Gasteiger partial charge < -0.3 is 9.84 Å². The lowest BCUT2D eigenvalue weighted by molar-refractivity contribution is 0.174. The molecular formula is C21H30N2O2. The van der Waals surface area contributed by atoms with Gasteiger partial charge in [0, 0.05) is 18.0 Å². The van der Waals surface area contributed by atoms with Crippen LogP contribution in [0.1, 0.15) is 70.5 Å². The van der Waals surface area contributed by atoms with E-state index in [9.17, 15) is 5.11 Å². The maximum Gasteiger partial charge on any atom is 0.316 e. The molecule has 0 saturated carbocycles. The number of hydrogen-bond acceptors (Lipinski definition) is 4. The molecule has 136 valence electrons. The lowest BCUT2D eigenvalue weighted by Crippen LogP contribution is -2.01. The van der Waals surface area contributed by atoms with Crippen LogP contribution in [-0.2, 0) is 0 Å². The molecule has 0 amide bonds. The van der Waals surface area contributed by atoms with Crippen LogP contribution >= 0.6 is 0 Å². The molecule has 1 N–H and O–H groups in total. The van der Waals surface area contributed by atoms with Crippen LogP contribution in [0.5, 0.6) is 6.01 Å². The van der Waals surface area contributed by atoms with Gasteiger partial charge >= 0.3 is 6.01 Å². The van der Waals surface area contributed by atoms with Crippen molar-refractivity contribution in [3.8, 4) is 17.1 Å². The maximum absolute atomic E-state index is 9.98. The summed E-state index contributed by atoms with van der Waals surface area (Å²) < 4.78 is 5.62. The molecule has 0 fully saturated rings. The van der Waals surface area contributed by atoms with E-state index in [-0.39, 0.29) is 0 Å². The first-order valence-electron chi connectivity index (χ1n) is 9.47. The Labute approximate surface area is 151 Å². The molecule has 1 aromatic heterocycles. The zero-order valence-corrected chi connectivity index (χ0v) is 15.4. The van der Waals surface area contributed by atoms with E-state index in [0.717, 1.165) is 23.1 Å². The van der Waals surface area contributed by atoms with Crippen molar-refractivity contribution in [1.82, 2.24) is 9.97 Å². The fourth-order valence-corrected chi connectivity index (χ4v) is 2.75. The summed E-state index contributed by atoms with van der Waals surface area (Å²) in [5, 5.41) is 9.98. The van der Waals surface area contributed by atoms with Crippen LogP contribution in [0.2, 0.25) is 0 Å². The van der Waals surface area contributed by atoms with Gasteiger partial charge in [-0.25, -0.2) is 9.97 Å². The third kappa shape index (κ3) is 6.46. The smallest absolute Gasteiger partial charge is 0.316 e. The fourth-order valence-electron chi connectivity index (χ4n) is 2.75. The zero-order valence-electron chi connectivity index (χ0n) is 15.4. The molecule has 2 aromatic rings. The summed E-state index contributed by atoms with van der Waals surface area (Å²) in [6, 6.07) is 8.32. The van der Waals surface area contributed by atoms with Crippen molar-refractivity contribution in [1.29, 1.82) is 0 Å². The van der Waals surface area contributed by atoms with Gasteiger partial charge in [0.2, 0.25) is 0 Å². The highest BCUT2D eigenvalue weighted by atomic mass is 16.5. The van der Waals surface area contributed by atoms with Gasteiger partial charge in [0.05, 0.1) is 12.7 Å². The third-order valence-corrected chi connectivity index (χ3v) is 4.35. The molecule has 4 heteroatoms. The molecule has 0 radical (unpaired) electrons. The van der Waals surface area contributed by atoms with Crippen LogP contribution in [-0.4, -0.2) is 21.7 Å². The highest BCUT2D eigenvalue weighted by molar-refractivity contribution is 5.62. The van der Waals surface area contributed by atoms with E-state index < -0.39 is 6.10 Å². The summed E-state index contributed by atoms with van der Waals surface area (Å²) in [7, 11) is 0. The minimum Gasteiger partial charge on any atom is -0.463 e. The van der Waals surface area contributed by atoms with E-state index >= 15 is 0 Å². The molecule has 0 aliphatic heterocycles. The Morgan fingerprint density at radius 1 is 0.960 bits per heavy atom. The topological polar surface area (TPSA) is 55.2 Å². The molecular weight excluding hydrogens is 312 g/mol. The molecule has 0 aliphatic rings. The number of hydrogen-bond donors (Lipinski definition) is 1. The molecule has 1 heterocycles. The Kier molecular flexibility index (Phi) is 8.40. The summed E-state index contributed by atoms with van der Waals surface area (Å²) in [6.07, 6.45) is 11.3. The lowest BCUT2D eigenvalue weighted by atomic mass is 10.0. The summed E-state index contributed by atoms with van der Waals surface area (Å²) >= 11 is 0. The second-order valence-electron chi connectivity index (χ2n) is 6.42. The van der Waals surface area contributed by atoms with Crippen LogP contribution in [0, 0.1) is 0 Å². The minimum absolute atomic E-state index is 0.430. The quantitative estimate of drug-likeness (QED) is 0.561. The third-order valence-electron chi connectivity index (χ3n) is 4.35. The number of aliphatic hydroxyl groups is 1. The van der Waals surface area contributed by atoms with Gasteiger partial charge in [-0.1, -0.05) is 64.2 Å². The highest BCUT2D eigenvalue weighted by Gasteiger charge is 2.07. The summed E-state index contributed by atoms with van der Waals surface area (Å²) in [4.78, 5) is 8.60. The molecule has 1 unspecified atom stereocenters. The average molecular weight is 342 g/mol. The number of rotatable bonds is 11. The van der Waals surface area contributed by atoms with Gasteiger partial charge in [0.15, 0.2) is 0 Å². The van der Waals surface area contributed by atoms with Gasteiger partial charge in [-0.05, 0) is 30.0 Å². The van der Waals surface area contributed by atoms with Gasteiger partial charge in [-0.3, -0.25) is 0 Å². The van der Waals surface area contributed by atoms with Gasteiger partial charge in [-0.15, -0.1) is 0 Å². The molecule has 4 nitrogen and oxygen atoms in total. The monoisotopic (exact) mass is 342 g/mol. The van der Waals surface area contributed by atoms with E-state index in [1.807, 2.05) is 31.2 Å². The van der Waals surface area contributed by atoms with Crippen molar-refractivity contribution in [3.63, 3.8) is 0 Å². The largest absolute Gasteiger partial charge is 0.463 e. The molecule has 0 spiro atoms. The van der Waals surface area contributed by atoms with E-state index in [1.54, 1.807) is 12.4 Å². The van der Waals surface area contributed by atoms with Crippen LogP contribution < -0.4 is 4.74 Å². The SMILES string of the molecule is CCCCCCCCOc1ncc(-c2cccc(C(O)CC)c2)cn1. The van der Waals surface area contributed by atoms with Crippen molar-refractivity contribution in [2.75, 3.05) is 6.61 Å². The predicted octanol–water partition coefficient (Wildman–Crippen LogP) is 5.33. The normalized spacial score (nSPS) is 12.1. The standard InChI is InChI=1S/C21H30N2O2/c1-3-5-6-7-8-9-13-25-21-22-15-19(16-23-21)17-11-10-12-18(14-17)20(24)4-2/h10-12,14-16,20,24H,3-9,13H2,1-2H3. The molecule has 0 saturated heterocycles. The van der Waals surface area contributed by atoms with E-state index in [2.05, 4.69) is 16.9 Å². The van der Waals surface area contributed by atoms with Gasteiger partial charge in [-0.2, -0.15) is 0 Å². The number of aromatic nitrogens is 2. The first-order valence-corrected chi connectivity index (χ1v) is 9.47. The minimum atomic E-state index is -0.430. The second kappa shape index (κ2) is 10.8. The fraction of sp³-hybridized carbons (Fsp3) is 0.524. The highest BCUT2D eigenvalue weighted by Crippen LogP contribution is 2.24. The van der Waals surface area contributed by atoms with Crippen LogP contribution in [0.4, 0.5) is 0 Å². The number of benzene rings is 1. The Morgan fingerprint density at radius 3 is 2.40 bits per heavy atom. The van der Waals surface area contributed by atoms with Crippen molar-refractivity contribution >= 4 is 0 Å².